The van der Waals surface area contributed by atoms with Gasteiger partial charge in [-0.3, -0.25) is 4.57 Å². The summed E-state index contributed by atoms with van der Waals surface area (Å²) in [6.45, 7) is 9.28. The predicted octanol–water partition coefficient (Wildman–Crippen LogP) is 3.28. The number of rotatable bonds is 10. The number of fused-ring (bicyclic) bond motifs is 1. The van der Waals surface area contributed by atoms with Crippen molar-refractivity contribution in [1.29, 1.82) is 0 Å². The van der Waals surface area contributed by atoms with E-state index in [0.29, 0.717) is 0 Å². The standard InChI is InChI=1S/C16H24F2N5O5P/c1-9(2)27-29(25,28-10(3)4)8-26-16(17,18)11(5)6-23-7-20-12-13(23)21-15(19)22-14(12)24/h7,9-10H,5-6,8H2,1-4H3,(H3,19,21,22,24). The fourth-order valence-electron chi connectivity index (χ4n) is 2.35. The Morgan fingerprint density at radius 1 is 1.31 bits per heavy atom. The number of ether oxygens (including phenoxy) is 1. The van der Waals surface area contributed by atoms with Crippen LogP contribution in [0.5, 0.6) is 5.88 Å². The largest absolute Gasteiger partial charge is 0.492 e. The molecule has 0 amide bonds. The van der Waals surface area contributed by atoms with E-state index in [1.807, 2.05) is 0 Å². The van der Waals surface area contributed by atoms with Crippen LogP contribution < -0.4 is 5.73 Å². The van der Waals surface area contributed by atoms with Gasteiger partial charge in [0, 0.05) is 5.57 Å². The molecular formula is C16H24F2N5O5P. The predicted molar refractivity (Wildman–Crippen MR) is 101 cm³/mol. The van der Waals surface area contributed by atoms with Crippen molar-refractivity contribution >= 4 is 24.7 Å². The first-order chi connectivity index (χ1) is 13.3. The SMILES string of the molecule is C=C(Cn1cnc2c(O)nc(N)nc21)C(F)(F)OCP(=O)(OC(C)C)OC(C)C. The zero-order valence-corrected chi connectivity index (χ0v) is 17.4. The minimum absolute atomic E-state index is 0.00333. The number of anilines is 1. The molecule has 0 atom stereocenters. The quantitative estimate of drug-likeness (QED) is 0.426. The van der Waals surface area contributed by atoms with Crippen LogP contribution in [0.1, 0.15) is 27.7 Å². The van der Waals surface area contributed by atoms with E-state index in [-0.39, 0.29) is 17.1 Å². The van der Waals surface area contributed by atoms with Gasteiger partial charge in [0.05, 0.1) is 25.1 Å². The van der Waals surface area contributed by atoms with Gasteiger partial charge in [-0.25, -0.2) is 4.98 Å². The number of alkyl halides is 2. The highest BCUT2D eigenvalue weighted by Crippen LogP contribution is 2.51. The molecule has 0 aliphatic heterocycles. The van der Waals surface area contributed by atoms with Crippen LogP contribution in [0.15, 0.2) is 18.5 Å². The maximum Gasteiger partial charge on any atom is 0.381 e. The zero-order chi connectivity index (χ0) is 22.0. The molecule has 3 N–H and O–H groups in total. The highest BCUT2D eigenvalue weighted by atomic mass is 31.2. The molecule has 162 valence electrons. The second-order valence-corrected chi connectivity index (χ2v) is 8.66. The molecule has 0 fully saturated rings. The third kappa shape index (κ3) is 5.92. The van der Waals surface area contributed by atoms with Gasteiger partial charge in [0.1, 0.15) is 0 Å². The number of nitrogens with zero attached hydrogens (tertiary/aromatic N) is 4. The number of nitrogens with two attached hydrogens (primary N) is 1. The summed E-state index contributed by atoms with van der Waals surface area (Å²) in [4.78, 5) is 11.3. The number of halogens is 2. The molecule has 0 spiro atoms. The van der Waals surface area contributed by atoms with Crippen molar-refractivity contribution in [2.75, 3.05) is 12.1 Å². The summed E-state index contributed by atoms with van der Waals surface area (Å²) >= 11 is 0. The summed E-state index contributed by atoms with van der Waals surface area (Å²) < 4.78 is 57.8. The molecule has 2 rings (SSSR count). The normalized spacial score (nSPS) is 13.0. The molecule has 10 nitrogen and oxygen atoms in total. The Balaban J connectivity index is 2.14. The minimum atomic E-state index is -3.92. The fourth-order valence-corrected chi connectivity index (χ4v) is 4.13. The summed E-state index contributed by atoms with van der Waals surface area (Å²) in [5.74, 6) is -0.722. The Morgan fingerprint density at radius 2 is 1.90 bits per heavy atom. The maximum absolute atomic E-state index is 14.5. The number of nitrogen functional groups attached to an aromatic ring is 1. The molecule has 0 radical (unpaired) electrons. The molecule has 0 saturated carbocycles. The smallest absolute Gasteiger partial charge is 0.381 e. The monoisotopic (exact) mass is 435 g/mol. The highest BCUT2D eigenvalue weighted by molar-refractivity contribution is 7.53. The van der Waals surface area contributed by atoms with E-state index in [9.17, 15) is 18.5 Å². The van der Waals surface area contributed by atoms with Crippen molar-refractivity contribution in [3.05, 3.63) is 18.5 Å². The number of aromatic hydroxyl groups is 1. The average Bonchev–Trinajstić information content (AvgIpc) is 2.94. The first kappa shape index (κ1) is 23.1. The van der Waals surface area contributed by atoms with Crippen LogP contribution in [-0.2, 0) is 24.9 Å². The topological polar surface area (TPSA) is 135 Å². The van der Waals surface area contributed by atoms with E-state index in [1.165, 1.54) is 10.9 Å². The van der Waals surface area contributed by atoms with E-state index in [1.54, 1.807) is 27.7 Å². The van der Waals surface area contributed by atoms with Crippen molar-refractivity contribution in [2.24, 2.45) is 0 Å². The minimum Gasteiger partial charge on any atom is -0.492 e. The average molecular weight is 435 g/mol. The van der Waals surface area contributed by atoms with Gasteiger partial charge < -0.3 is 29.2 Å². The lowest BCUT2D eigenvalue weighted by molar-refractivity contribution is -0.201. The van der Waals surface area contributed by atoms with Crippen molar-refractivity contribution in [3.63, 3.8) is 0 Å². The second-order valence-electron chi connectivity index (χ2n) is 6.76. The molecule has 2 aromatic heterocycles. The van der Waals surface area contributed by atoms with Crippen molar-refractivity contribution in [2.45, 2.75) is 52.6 Å². The second kappa shape index (κ2) is 8.70. The zero-order valence-electron chi connectivity index (χ0n) is 16.5. The van der Waals surface area contributed by atoms with Gasteiger partial charge in [0.15, 0.2) is 17.5 Å². The molecule has 29 heavy (non-hydrogen) atoms. The first-order valence-corrected chi connectivity index (χ1v) is 10.4. The Bertz CT molecular complexity index is 920. The lowest BCUT2D eigenvalue weighted by atomic mass is 10.3. The number of hydrogen-bond acceptors (Lipinski definition) is 9. The van der Waals surface area contributed by atoms with Crippen LogP contribution >= 0.6 is 7.60 Å². The van der Waals surface area contributed by atoms with E-state index < -0.39 is 50.3 Å². The van der Waals surface area contributed by atoms with Crippen LogP contribution in [0.4, 0.5) is 14.7 Å². The molecule has 0 bridgehead atoms. The summed E-state index contributed by atoms with van der Waals surface area (Å²) in [6, 6.07) is 0. The van der Waals surface area contributed by atoms with Gasteiger partial charge >= 0.3 is 13.7 Å². The molecule has 2 aromatic rings. The van der Waals surface area contributed by atoms with Crippen molar-refractivity contribution < 1.29 is 32.2 Å². The molecule has 13 heteroatoms. The maximum atomic E-state index is 14.5. The summed E-state index contributed by atoms with van der Waals surface area (Å²) in [5.41, 5.74) is 4.84. The van der Waals surface area contributed by atoms with Crippen LogP contribution in [0, 0.1) is 0 Å². The Labute approximate surface area is 166 Å². The molecule has 0 aliphatic carbocycles. The third-order valence-corrected chi connectivity index (χ3v) is 5.31. The van der Waals surface area contributed by atoms with Crippen LogP contribution in [0.3, 0.4) is 0 Å². The Morgan fingerprint density at radius 3 is 2.45 bits per heavy atom. The van der Waals surface area contributed by atoms with E-state index in [2.05, 4.69) is 26.3 Å². The number of aromatic nitrogens is 4. The van der Waals surface area contributed by atoms with Gasteiger partial charge in [0.2, 0.25) is 11.8 Å². The molecule has 0 aromatic carbocycles. The third-order valence-electron chi connectivity index (χ3n) is 3.38. The number of imidazole rings is 1. The lowest BCUT2D eigenvalue weighted by Crippen LogP contribution is -2.27. The highest BCUT2D eigenvalue weighted by Gasteiger charge is 2.39. The molecule has 0 saturated heterocycles. The van der Waals surface area contributed by atoms with Gasteiger partial charge in [0.25, 0.3) is 0 Å². The first-order valence-electron chi connectivity index (χ1n) is 8.66. The van der Waals surface area contributed by atoms with Gasteiger partial charge in [-0.15, -0.1) is 0 Å². The van der Waals surface area contributed by atoms with E-state index >= 15 is 0 Å². The van der Waals surface area contributed by atoms with Gasteiger partial charge in [-0.1, -0.05) is 6.58 Å². The molecule has 0 aliphatic rings. The van der Waals surface area contributed by atoms with Crippen LogP contribution in [0.2, 0.25) is 0 Å². The fraction of sp³-hybridized carbons (Fsp3) is 0.562. The van der Waals surface area contributed by atoms with Crippen LogP contribution in [0.25, 0.3) is 11.2 Å². The van der Waals surface area contributed by atoms with Crippen LogP contribution in [-0.4, -0.2) is 49.3 Å². The summed E-state index contributed by atoms with van der Waals surface area (Å²) in [5, 5.41) is 9.72. The van der Waals surface area contributed by atoms with Crippen molar-refractivity contribution in [3.8, 4) is 5.88 Å². The number of hydrogen-bond donors (Lipinski definition) is 2. The van der Waals surface area contributed by atoms with Gasteiger partial charge in [-0.05, 0) is 27.7 Å². The molecule has 2 heterocycles. The summed E-state index contributed by atoms with van der Waals surface area (Å²) in [7, 11) is -3.92. The summed E-state index contributed by atoms with van der Waals surface area (Å²) in [6.07, 6.45) is -4.68. The molecular weight excluding hydrogens is 411 g/mol. The van der Waals surface area contributed by atoms with Gasteiger partial charge in [-0.2, -0.15) is 18.7 Å². The van der Waals surface area contributed by atoms with Crippen molar-refractivity contribution in [1.82, 2.24) is 19.5 Å². The molecule has 0 unspecified atom stereocenters. The van der Waals surface area contributed by atoms with E-state index in [4.69, 9.17) is 14.8 Å². The Kier molecular flexibility index (Phi) is 6.94. The Hall–Kier alpha value is -2.14. The van der Waals surface area contributed by atoms with E-state index in [0.717, 1.165) is 0 Å². The lowest BCUT2D eigenvalue weighted by Gasteiger charge is -2.25.